The number of carbonyl (C=O) groups is 1. The third-order valence-electron chi connectivity index (χ3n) is 3.51. The number of amides is 1. The van der Waals surface area contributed by atoms with Crippen LogP contribution in [0.5, 0.6) is 0 Å². The van der Waals surface area contributed by atoms with Crippen molar-refractivity contribution in [3.63, 3.8) is 0 Å². The van der Waals surface area contributed by atoms with Crippen LogP contribution in [0, 0.1) is 12.8 Å². The monoisotopic (exact) mass is 264 g/mol. The highest BCUT2D eigenvalue weighted by molar-refractivity contribution is 5.88. The van der Waals surface area contributed by atoms with E-state index in [0.29, 0.717) is 18.2 Å². The molecule has 0 radical (unpaired) electrons. The zero-order valence-electron chi connectivity index (χ0n) is 11.6. The maximum absolute atomic E-state index is 12.4. The number of ether oxygens (including phenoxy) is 1. The highest BCUT2D eigenvalue weighted by Gasteiger charge is 2.25. The Labute approximate surface area is 112 Å². The average Bonchev–Trinajstić information content (AvgIpc) is 2.33. The minimum Gasteiger partial charge on any atom is -0.379 e. The van der Waals surface area contributed by atoms with Gasteiger partial charge in [0.1, 0.15) is 5.69 Å². The molecule has 1 fully saturated rings. The molecular formula is C14H20N2O3. The lowest BCUT2D eigenvalue weighted by atomic mass is 9.96. The van der Waals surface area contributed by atoms with Crippen molar-refractivity contribution in [1.82, 2.24) is 4.57 Å². The van der Waals surface area contributed by atoms with Gasteiger partial charge in [-0.05, 0) is 30.9 Å². The summed E-state index contributed by atoms with van der Waals surface area (Å²) in [5.74, 6) is 0.153. The van der Waals surface area contributed by atoms with Crippen molar-refractivity contribution in [1.29, 1.82) is 0 Å². The van der Waals surface area contributed by atoms with Gasteiger partial charge in [-0.15, -0.1) is 0 Å². The highest BCUT2D eigenvalue weighted by atomic mass is 16.5. The maximum atomic E-state index is 12.4. The predicted octanol–water partition coefficient (Wildman–Crippen LogP) is 1.71. The highest BCUT2D eigenvalue weighted by Crippen LogP contribution is 2.25. The minimum atomic E-state index is -0.234. The third kappa shape index (κ3) is 3.04. The Morgan fingerprint density at radius 2 is 2.26 bits per heavy atom. The van der Waals surface area contributed by atoms with E-state index >= 15 is 0 Å². The topological polar surface area (TPSA) is 60.3 Å². The van der Waals surface area contributed by atoms with Crippen molar-refractivity contribution in [2.45, 2.75) is 33.2 Å². The first-order valence-electron chi connectivity index (χ1n) is 6.57. The van der Waals surface area contributed by atoms with Gasteiger partial charge in [-0.25, -0.2) is 0 Å². The predicted molar refractivity (Wildman–Crippen MR) is 73.4 cm³/mol. The van der Waals surface area contributed by atoms with Crippen molar-refractivity contribution < 1.29 is 9.53 Å². The molecule has 0 aromatic carbocycles. The van der Waals surface area contributed by atoms with Crippen molar-refractivity contribution >= 4 is 11.6 Å². The number of hydrogen-bond acceptors (Lipinski definition) is 3. The molecule has 1 aromatic rings. The van der Waals surface area contributed by atoms with Crippen LogP contribution in [0.25, 0.3) is 0 Å². The van der Waals surface area contributed by atoms with E-state index in [4.69, 9.17) is 4.74 Å². The smallest absolute Gasteiger partial charge is 0.274 e. The van der Waals surface area contributed by atoms with Gasteiger partial charge in [0.05, 0.1) is 12.6 Å². The van der Waals surface area contributed by atoms with Gasteiger partial charge in [0.15, 0.2) is 0 Å². The van der Waals surface area contributed by atoms with Crippen molar-refractivity contribution in [2.75, 3.05) is 18.5 Å². The summed E-state index contributed by atoms with van der Waals surface area (Å²) >= 11 is 0. The van der Waals surface area contributed by atoms with Crippen LogP contribution in [0.1, 0.15) is 31.9 Å². The number of nitrogens with zero attached hydrogens (tertiary/aromatic N) is 1. The summed E-state index contributed by atoms with van der Waals surface area (Å²) in [6.07, 6.45) is 2.78. The molecule has 2 atom stereocenters. The lowest BCUT2D eigenvalue weighted by Crippen LogP contribution is -2.36. The Bertz CT molecular complexity index is 536. The molecule has 5 nitrogen and oxygen atoms in total. The Morgan fingerprint density at radius 1 is 1.53 bits per heavy atom. The number of aromatic nitrogens is 1. The molecule has 19 heavy (non-hydrogen) atoms. The zero-order chi connectivity index (χ0) is 14.0. The van der Waals surface area contributed by atoms with Gasteiger partial charge in [0.25, 0.3) is 5.56 Å². The summed E-state index contributed by atoms with van der Waals surface area (Å²) < 4.78 is 7.17. The number of hydrogen-bond donors (Lipinski definition) is 1. The van der Waals surface area contributed by atoms with E-state index in [-0.39, 0.29) is 17.5 Å². The molecule has 1 saturated heterocycles. The average molecular weight is 264 g/mol. The molecule has 1 aliphatic rings. The summed E-state index contributed by atoms with van der Waals surface area (Å²) in [6, 6.07) is 1.74. The molecule has 2 rings (SSSR count). The largest absolute Gasteiger partial charge is 0.379 e. The second kappa shape index (κ2) is 5.57. The molecular weight excluding hydrogens is 244 g/mol. The number of nitrogens with one attached hydrogen (secondary N) is 1. The van der Waals surface area contributed by atoms with E-state index in [1.54, 1.807) is 10.6 Å². The van der Waals surface area contributed by atoms with Crippen LogP contribution in [-0.2, 0) is 9.53 Å². The second-order valence-electron chi connectivity index (χ2n) is 5.23. The lowest BCUT2D eigenvalue weighted by molar-refractivity contribution is -0.114. The first kappa shape index (κ1) is 13.8. The number of pyridine rings is 1. The van der Waals surface area contributed by atoms with Crippen LogP contribution in [0.3, 0.4) is 0 Å². The van der Waals surface area contributed by atoms with E-state index in [0.717, 1.165) is 18.6 Å². The summed E-state index contributed by atoms with van der Waals surface area (Å²) in [5, 5.41) is 2.60. The standard InChI is InChI=1S/C14H20N2O3/c1-9-6-12(15-11(3)17)14(18)16(7-9)13-8-19-5-4-10(13)2/h6-7,10,13H,4-5,8H2,1-3H3,(H,15,17)/t10-,13?/m1/s1. The Balaban J connectivity index is 2.42. The summed E-state index contributed by atoms with van der Waals surface area (Å²) in [6.45, 7) is 6.73. The van der Waals surface area contributed by atoms with Gasteiger partial charge in [-0.2, -0.15) is 0 Å². The summed E-state index contributed by atoms with van der Waals surface area (Å²) in [7, 11) is 0. The minimum absolute atomic E-state index is 0.0358. The molecule has 1 aromatic heterocycles. The molecule has 0 bridgehead atoms. The molecule has 5 heteroatoms. The Morgan fingerprint density at radius 3 is 2.89 bits per heavy atom. The SMILES string of the molecule is CC(=O)Nc1cc(C)cn(C2COCC[C@H]2C)c1=O. The normalized spacial score (nSPS) is 23.1. The number of rotatable bonds is 2. The first-order chi connectivity index (χ1) is 8.99. The van der Waals surface area contributed by atoms with Crippen LogP contribution < -0.4 is 10.9 Å². The van der Waals surface area contributed by atoms with E-state index in [2.05, 4.69) is 12.2 Å². The van der Waals surface area contributed by atoms with Gasteiger partial charge in [-0.3, -0.25) is 9.59 Å². The van der Waals surface area contributed by atoms with Crippen molar-refractivity contribution in [3.05, 3.63) is 28.2 Å². The zero-order valence-corrected chi connectivity index (χ0v) is 11.6. The third-order valence-corrected chi connectivity index (χ3v) is 3.51. The molecule has 1 N–H and O–H groups in total. The van der Waals surface area contributed by atoms with Crippen molar-refractivity contribution in [3.8, 4) is 0 Å². The van der Waals surface area contributed by atoms with E-state index in [1.165, 1.54) is 6.92 Å². The van der Waals surface area contributed by atoms with E-state index in [1.807, 2.05) is 13.1 Å². The fraction of sp³-hybridized carbons (Fsp3) is 0.571. The Hall–Kier alpha value is -1.62. The molecule has 104 valence electrons. The fourth-order valence-electron chi connectivity index (χ4n) is 2.45. The summed E-state index contributed by atoms with van der Waals surface area (Å²) in [4.78, 5) is 23.5. The van der Waals surface area contributed by atoms with Gasteiger partial charge >= 0.3 is 0 Å². The molecule has 1 unspecified atom stereocenters. The van der Waals surface area contributed by atoms with Crippen LogP contribution in [0.4, 0.5) is 5.69 Å². The Kier molecular flexibility index (Phi) is 4.04. The van der Waals surface area contributed by atoms with Gasteiger partial charge in [0, 0.05) is 19.7 Å². The molecule has 2 heterocycles. The molecule has 1 aliphatic heterocycles. The second-order valence-corrected chi connectivity index (χ2v) is 5.23. The lowest BCUT2D eigenvalue weighted by Gasteiger charge is -2.31. The maximum Gasteiger partial charge on any atom is 0.274 e. The summed E-state index contributed by atoms with van der Waals surface area (Å²) in [5.41, 5.74) is 1.12. The number of carbonyl (C=O) groups excluding carboxylic acids is 1. The van der Waals surface area contributed by atoms with Crippen LogP contribution in [0.15, 0.2) is 17.1 Å². The number of anilines is 1. The van der Waals surface area contributed by atoms with Gasteiger partial charge in [0.2, 0.25) is 5.91 Å². The molecule has 0 spiro atoms. The van der Waals surface area contributed by atoms with Crippen LogP contribution >= 0.6 is 0 Å². The van der Waals surface area contributed by atoms with E-state index in [9.17, 15) is 9.59 Å². The first-order valence-corrected chi connectivity index (χ1v) is 6.57. The number of aryl methyl sites for hydroxylation is 1. The fourth-order valence-corrected chi connectivity index (χ4v) is 2.45. The van der Waals surface area contributed by atoms with Gasteiger partial charge in [-0.1, -0.05) is 6.92 Å². The van der Waals surface area contributed by atoms with Gasteiger partial charge < -0.3 is 14.6 Å². The molecule has 0 aliphatic carbocycles. The van der Waals surface area contributed by atoms with Crippen LogP contribution in [-0.4, -0.2) is 23.7 Å². The van der Waals surface area contributed by atoms with Crippen LogP contribution in [0.2, 0.25) is 0 Å². The molecule has 1 amide bonds. The quantitative estimate of drug-likeness (QED) is 0.884. The molecule has 0 saturated carbocycles. The van der Waals surface area contributed by atoms with Crippen molar-refractivity contribution in [2.24, 2.45) is 5.92 Å². The van der Waals surface area contributed by atoms with E-state index < -0.39 is 0 Å².